The molecule has 7 N–H and O–H groups in total. The molecule has 0 aliphatic carbocycles. The molecule has 198 valence electrons. The Balaban J connectivity index is 0.000000405. The van der Waals surface area contributed by atoms with E-state index in [0.717, 1.165) is 10.9 Å². The molecule has 1 aromatic heterocycles. The van der Waals surface area contributed by atoms with Gasteiger partial charge in [0, 0.05) is 29.3 Å². The number of benzene rings is 2. The summed E-state index contributed by atoms with van der Waals surface area (Å²) in [6, 6.07) is 7.09. The second-order valence-electron chi connectivity index (χ2n) is 8.46. The Bertz CT molecular complexity index is 1400. The minimum atomic E-state index is -5.08. The Kier molecular flexibility index (Phi) is 6.85. The summed E-state index contributed by atoms with van der Waals surface area (Å²) < 4.78 is 42.8. The van der Waals surface area contributed by atoms with Crippen molar-refractivity contribution in [2.45, 2.75) is 37.0 Å². The lowest BCUT2D eigenvalue weighted by Crippen LogP contribution is -2.36. The second kappa shape index (κ2) is 9.63. The van der Waals surface area contributed by atoms with Gasteiger partial charge in [0.25, 0.3) is 11.8 Å². The number of alkyl halides is 3. The molecule has 0 bridgehead atoms. The van der Waals surface area contributed by atoms with Crippen LogP contribution in [0, 0.1) is 0 Å². The van der Waals surface area contributed by atoms with Gasteiger partial charge in [0.1, 0.15) is 18.0 Å². The van der Waals surface area contributed by atoms with Gasteiger partial charge in [-0.05, 0) is 29.8 Å². The Labute approximate surface area is 205 Å². The molecule has 0 spiro atoms. The van der Waals surface area contributed by atoms with Crippen LogP contribution in [0.2, 0.25) is 0 Å². The van der Waals surface area contributed by atoms with Crippen LogP contribution < -0.4 is 15.8 Å². The lowest BCUT2D eigenvalue weighted by atomic mass is 9.94. The third-order valence-electron chi connectivity index (χ3n) is 6.22. The summed E-state index contributed by atoms with van der Waals surface area (Å²) in [5, 5.41) is 31.4. The summed E-state index contributed by atoms with van der Waals surface area (Å²) in [5.74, 6) is -3.06. The number of carboxylic acid groups (broad SMARTS) is 1. The van der Waals surface area contributed by atoms with Gasteiger partial charge in [0.05, 0.1) is 36.0 Å². The maximum atomic E-state index is 12.5. The number of nitrogens with two attached hydrogens (primary N) is 1. The molecule has 0 radical (unpaired) electrons. The number of amides is 2. The molecule has 37 heavy (non-hydrogen) atoms. The first-order chi connectivity index (χ1) is 17.4. The van der Waals surface area contributed by atoms with Crippen LogP contribution in [0.3, 0.4) is 0 Å². The summed E-state index contributed by atoms with van der Waals surface area (Å²) in [4.78, 5) is 37.1. The van der Waals surface area contributed by atoms with Crippen molar-refractivity contribution in [2.24, 2.45) is 5.73 Å². The molecule has 1 saturated heterocycles. The molecular weight excluding hydrogens is 503 g/mol. The third-order valence-corrected chi connectivity index (χ3v) is 6.22. The number of carboxylic acids is 1. The summed E-state index contributed by atoms with van der Waals surface area (Å²) in [7, 11) is 1.56. The molecule has 0 saturated carbocycles. The fraction of sp³-hybridized carbons (Fsp3) is 0.348. The first-order valence-corrected chi connectivity index (χ1v) is 10.9. The number of methoxy groups -OCH3 is 1. The molecule has 2 amide bonds. The summed E-state index contributed by atoms with van der Waals surface area (Å²) in [6.45, 7) is 0.0808. The number of hydrogen-bond donors (Lipinski definition) is 6. The van der Waals surface area contributed by atoms with Gasteiger partial charge >= 0.3 is 12.1 Å². The van der Waals surface area contributed by atoms with Crippen LogP contribution in [0.4, 0.5) is 13.2 Å². The van der Waals surface area contributed by atoms with E-state index in [1.165, 1.54) is 0 Å². The molecule has 2 aromatic carbocycles. The molecule has 2 aliphatic heterocycles. The molecule has 2 aliphatic rings. The molecule has 3 heterocycles. The van der Waals surface area contributed by atoms with Crippen LogP contribution in [-0.2, 0) is 16.0 Å². The standard InChI is InChI=1S/C21H21N3O6.C2HF3O2/c1-29-9-2-3-12-10(6-9)15-16-11(20(27)24-21(16)28)4-8(17(15)23-12)5-13-18(25)19(26)14(7-22)30-13;3-2(4,5)1(6)7/h2-4,6,13-14,18-19,23,25-26H,5,7,22H2,1H3,(H,24,27,28);(H,6,7)/t13-,14+,18-,19+;/m0./s1. The van der Waals surface area contributed by atoms with Gasteiger partial charge in [-0.3, -0.25) is 14.9 Å². The van der Waals surface area contributed by atoms with Crippen molar-refractivity contribution in [2.75, 3.05) is 13.7 Å². The van der Waals surface area contributed by atoms with Crippen molar-refractivity contribution in [1.82, 2.24) is 10.3 Å². The number of aliphatic carboxylic acids is 1. The fourth-order valence-electron chi connectivity index (χ4n) is 4.47. The van der Waals surface area contributed by atoms with Crippen LogP contribution in [0.25, 0.3) is 21.8 Å². The van der Waals surface area contributed by atoms with E-state index >= 15 is 0 Å². The van der Waals surface area contributed by atoms with Crippen molar-refractivity contribution < 1.29 is 52.3 Å². The Morgan fingerprint density at radius 1 is 1.14 bits per heavy atom. The predicted octanol–water partition coefficient (Wildman–Crippen LogP) is 0.837. The van der Waals surface area contributed by atoms with Gasteiger partial charge in [-0.25, -0.2) is 4.79 Å². The van der Waals surface area contributed by atoms with Crippen molar-refractivity contribution in [3.8, 4) is 5.75 Å². The lowest BCUT2D eigenvalue weighted by Gasteiger charge is -2.16. The molecule has 11 nitrogen and oxygen atoms in total. The highest BCUT2D eigenvalue weighted by Gasteiger charge is 2.42. The molecule has 14 heteroatoms. The number of H-pyrrole nitrogens is 1. The van der Waals surface area contributed by atoms with Crippen molar-refractivity contribution in [3.63, 3.8) is 0 Å². The van der Waals surface area contributed by atoms with E-state index < -0.39 is 48.4 Å². The van der Waals surface area contributed by atoms with E-state index in [0.29, 0.717) is 27.8 Å². The number of hydrogen-bond acceptors (Lipinski definition) is 8. The summed E-state index contributed by atoms with van der Waals surface area (Å²) in [6.07, 6.45) is -8.41. The molecular formula is C23H22F3N3O8. The van der Waals surface area contributed by atoms with E-state index in [9.17, 15) is 33.0 Å². The number of aromatic nitrogens is 1. The number of aliphatic hydroxyl groups is 2. The highest BCUT2D eigenvalue weighted by atomic mass is 19.4. The Morgan fingerprint density at radius 3 is 2.35 bits per heavy atom. The van der Waals surface area contributed by atoms with Crippen LogP contribution in [-0.4, -0.2) is 82.3 Å². The van der Waals surface area contributed by atoms with Gasteiger partial charge in [-0.2, -0.15) is 13.2 Å². The van der Waals surface area contributed by atoms with Gasteiger partial charge in [-0.15, -0.1) is 0 Å². The number of carbonyl (C=O) groups is 3. The van der Waals surface area contributed by atoms with E-state index in [2.05, 4.69) is 10.3 Å². The van der Waals surface area contributed by atoms with Crippen LogP contribution >= 0.6 is 0 Å². The SMILES string of the molecule is COc1ccc2[nH]c3c(C[C@@H]4O[C@H](CN)[C@@H](O)[C@H]4O)cc4c(c3c2c1)C(=O)NC4=O.O=C(O)C(F)(F)F. The van der Waals surface area contributed by atoms with Gasteiger partial charge in [0.15, 0.2) is 0 Å². The first-order valence-electron chi connectivity index (χ1n) is 10.9. The molecule has 0 unspecified atom stereocenters. The maximum Gasteiger partial charge on any atom is 0.490 e. The zero-order valence-corrected chi connectivity index (χ0v) is 19.1. The number of aromatic amines is 1. The zero-order chi connectivity index (χ0) is 27.2. The van der Waals surface area contributed by atoms with Crippen molar-refractivity contribution in [3.05, 3.63) is 41.0 Å². The Morgan fingerprint density at radius 2 is 1.78 bits per heavy atom. The zero-order valence-electron chi connectivity index (χ0n) is 19.1. The average molecular weight is 525 g/mol. The largest absolute Gasteiger partial charge is 0.497 e. The fourth-order valence-corrected chi connectivity index (χ4v) is 4.47. The number of aliphatic hydroxyl groups excluding tert-OH is 2. The first kappa shape index (κ1) is 26.3. The molecule has 5 rings (SSSR count). The van der Waals surface area contributed by atoms with E-state index in [1.807, 2.05) is 12.1 Å². The highest BCUT2D eigenvalue weighted by molar-refractivity contribution is 6.30. The smallest absolute Gasteiger partial charge is 0.490 e. The summed E-state index contributed by atoms with van der Waals surface area (Å²) in [5.41, 5.74) is 8.34. The normalized spacial score (nSPS) is 23.1. The quantitative estimate of drug-likeness (QED) is 0.269. The molecule has 1 fully saturated rings. The van der Waals surface area contributed by atoms with E-state index in [1.54, 1.807) is 19.2 Å². The molecule has 4 atom stereocenters. The summed E-state index contributed by atoms with van der Waals surface area (Å²) >= 11 is 0. The topological polar surface area (TPSA) is 184 Å². The van der Waals surface area contributed by atoms with Crippen molar-refractivity contribution in [1.29, 1.82) is 0 Å². The van der Waals surface area contributed by atoms with Gasteiger partial charge in [0.2, 0.25) is 0 Å². The predicted molar refractivity (Wildman–Crippen MR) is 121 cm³/mol. The lowest BCUT2D eigenvalue weighted by molar-refractivity contribution is -0.192. The number of halogens is 3. The van der Waals surface area contributed by atoms with Gasteiger partial charge in [-0.1, -0.05) is 0 Å². The number of rotatable bonds is 4. The average Bonchev–Trinajstić information content (AvgIpc) is 3.45. The van der Waals surface area contributed by atoms with Crippen LogP contribution in [0.15, 0.2) is 24.3 Å². The number of fused-ring (bicyclic) bond motifs is 5. The second-order valence-corrected chi connectivity index (χ2v) is 8.46. The number of carbonyl (C=O) groups excluding carboxylic acids is 2. The third kappa shape index (κ3) is 4.71. The van der Waals surface area contributed by atoms with Crippen molar-refractivity contribution >= 4 is 39.6 Å². The number of imide groups is 1. The van der Waals surface area contributed by atoms with Crippen LogP contribution in [0.1, 0.15) is 26.3 Å². The number of nitrogens with one attached hydrogen (secondary N) is 2. The van der Waals surface area contributed by atoms with E-state index in [-0.39, 0.29) is 18.5 Å². The monoisotopic (exact) mass is 525 g/mol. The molecule has 3 aromatic rings. The maximum absolute atomic E-state index is 12.5. The van der Waals surface area contributed by atoms with Crippen LogP contribution in [0.5, 0.6) is 5.75 Å². The minimum Gasteiger partial charge on any atom is -0.497 e. The highest BCUT2D eigenvalue weighted by Crippen LogP contribution is 2.38. The Hall–Kier alpha value is -3.72. The van der Waals surface area contributed by atoms with Gasteiger partial charge < -0.3 is 35.5 Å². The number of ether oxygens (including phenoxy) is 2. The minimum absolute atomic E-state index is 0.0808. The van der Waals surface area contributed by atoms with E-state index in [4.69, 9.17) is 25.1 Å².